The van der Waals surface area contributed by atoms with Crippen LogP contribution in [-0.2, 0) is 16.0 Å². The Morgan fingerprint density at radius 3 is 2.61 bits per heavy atom. The molecule has 0 aromatic heterocycles. The van der Waals surface area contributed by atoms with Crippen molar-refractivity contribution < 1.29 is 18.7 Å². The molecule has 3 aromatic rings. The van der Waals surface area contributed by atoms with Crippen LogP contribution in [0.4, 0.5) is 10.1 Å². The van der Waals surface area contributed by atoms with Gasteiger partial charge in [0.15, 0.2) is 0 Å². The highest BCUT2D eigenvalue weighted by atomic mass is 19.1. The number of rotatable bonds is 6. The van der Waals surface area contributed by atoms with Crippen molar-refractivity contribution in [2.75, 3.05) is 12.0 Å². The number of anilines is 1. The number of nitrogens with zero attached hydrogens (tertiary/aromatic N) is 2. The highest BCUT2D eigenvalue weighted by Crippen LogP contribution is 2.40. The van der Waals surface area contributed by atoms with E-state index >= 15 is 0 Å². The minimum Gasteiger partial charge on any atom is -0.497 e. The number of methoxy groups -OCH3 is 1. The highest BCUT2D eigenvalue weighted by molar-refractivity contribution is 5.99. The van der Waals surface area contributed by atoms with Crippen molar-refractivity contribution in [2.24, 2.45) is 10.9 Å². The van der Waals surface area contributed by atoms with Gasteiger partial charge in [0.2, 0.25) is 11.8 Å². The number of carbonyl (C=O) groups is 2. The van der Waals surface area contributed by atoms with Gasteiger partial charge in [-0.25, -0.2) is 4.39 Å². The lowest BCUT2D eigenvalue weighted by Gasteiger charge is -2.30. The molecule has 0 bridgehead atoms. The fourth-order valence-corrected chi connectivity index (χ4v) is 5.58. The lowest BCUT2D eigenvalue weighted by Crippen LogP contribution is -2.40. The molecule has 2 unspecified atom stereocenters. The van der Waals surface area contributed by atoms with Crippen molar-refractivity contribution in [3.63, 3.8) is 0 Å². The van der Waals surface area contributed by atoms with E-state index in [1.165, 1.54) is 12.1 Å². The number of hydrogen-bond donors (Lipinski definition) is 1. The summed E-state index contributed by atoms with van der Waals surface area (Å²) in [6.45, 7) is 0. The van der Waals surface area contributed by atoms with Crippen LogP contribution in [0.1, 0.15) is 60.0 Å². The number of amides is 2. The van der Waals surface area contributed by atoms with E-state index in [0.29, 0.717) is 5.75 Å². The van der Waals surface area contributed by atoms with E-state index < -0.39 is 0 Å². The normalized spacial score (nSPS) is 22.6. The van der Waals surface area contributed by atoms with Gasteiger partial charge in [0.1, 0.15) is 11.6 Å². The molecule has 0 radical (unpaired) electrons. The van der Waals surface area contributed by atoms with Crippen LogP contribution in [0.5, 0.6) is 5.75 Å². The number of hydrogen-bond acceptors (Lipinski definition) is 4. The summed E-state index contributed by atoms with van der Waals surface area (Å²) in [5, 5.41) is 3.16. The summed E-state index contributed by atoms with van der Waals surface area (Å²) in [7, 11) is 1.62. The molecule has 2 aliphatic heterocycles. The van der Waals surface area contributed by atoms with E-state index in [1.807, 2.05) is 47.5 Å². The third kappa shape index (κ3) is 4.80. The summed E-state index contributed by atoms with van der Waals surface area (Å²) in [4.78, 5) is 32.8. The Morgan fingerprint density at radius 2 is 1.84 bits per heavy atom. The number of ether oxygens (including phenoxy) is 1. The fourth-order valence-electron chi connectivity index (χ4n) is 5.58. The first kappa shape index (κ1) is 24.3. The fraction of sp³-hybridized carbons (Fsp3) is 0.323. The summed E-state index contributed by atoms with van der Waals surface area (Å²) < 4.78 is 18.9. The number of fused-ring (bicyclic) bond motifs is 1. The lowest BCUT2D eigenvalue weighted by molar-refractivity contribution is -0.123. The number of benzene rings is 3. The quantitative estimate of drug-likeness (QED) is 0.487. The Labute approximate surface area is 221 Å². The molecule has 1 aliphatic carbocycles. The van der Waals surface area contributed by atoms with Crippen molar-refractivity contribution in [1.29, 1.82) is 0 Å². The molecule has 2 fully saturated rings. The summed E-state index contributed by atoms with van der Waals surface area (Å²) >= 11 is 0. The largest absolute Gasteiger partial charge is 0.497 e. The first-order valence-electron chi connectivity index (χ1n) is 13.2. The predicted octanol–water partition coefficient (Wildman–Crippen LogP) is 5.31. The van der Waals surface area contributed by atoms with Crippen molar-refractivity contribution in [3.8, 4) is 5.75 Å². The molecule has 2 heterocycles. The van der Waals surface area contributed by atoms with Crippen LogP contribution in [0.15, 0.2) is 71.7 Å². The van der Waals surface area contributed by atoms with Gasteiger partial charge in [-0.1, -0.05) is 30.3 Å². The predicted molar refractivity (Wildman–Crippen MR) is 144 cm³/mol. The zero-order valence-corrected chi connectivity index (χ0v) is 21.3. The molecule has 6 nitrogen and oxygen atoms in total. The van der Waals surface area contributed by atoms with E-state index in [1.54, 1.807) is 19.2 Å². The van der Waals surface area contributed by atoms with Gasteiger partial charge in [-0.3, -0.25) is 14.6 Å². The van der Waals surface area contributed by atoms with Crippen LogP contribution in [0.3, 0.4) is 0 Å². The van der Waals surface area contributed by atoms with Gasteiger partial charge in [0, 0.05) is 24.2 Å². The van der Waals surface area contributed by atoms with Crippen LogP contribution < -0.4 is 15.0 Å². The molecule has 7 heteroatoms. The van der Waals surface area contributed by atoms with Gasteiger partial charge < -0.3 is 15.0 Å². The number of nitrogens with one attached hydrogen (secondary N) is 1. The minimum absolute atomic E-state index is 0.0263. The van der Waals surface area contributed by atoms with Gasteiger partial charge in [-0.05, 0) is 84.3 Å². The number of aliphatic imine (C=N–C) groups is 1. The van der Waals surface area contributed by atoms with Gasteiger partial charge in [0.05, 0.1) is 25.2 Å². The van der Waals surface area contributed by atoms with Crippen molar-refractivity contribution in [2.45, 2.75) is 50.2 Å². The molecule has 38 heavy (non-hydrogen) atoms. The summed E-state index contributed by atoms with van der Waals surface area (Å²) in [6.07, 6.45) is 5.56. The van der Waals surface area contributed by atoms with Gasteiger partial charge in [0.25, 0.3) is 0 Å². The summed E-state index contributed by atoms with van der Waals surface area (Å²) in [5.74, 6) is 0.497. The van der Waals surface area contributed by atoms with Crippen molar-refractivity contribution >= 4 is 23.7 Å². The maximum absolute atomic E-state index is 13.5. The Hall–Kier alpha value is -4.00. The average Bonchev–Trinajstić information content (AvgIpc) is 3.75. The van der Waals surface area contributed by atoms with Crippen LogP contribution >= 0.6 is 0 Å². The Bertz CT molecular complexity index is 1400. The third-order valence-corrected chi connectivity index (χ3v) is 7.78. The number of halogens is 1. The highest BCUT2D eigenvalue weighted by Gasteiger charge is 2.44. The maximum atomic E-state index is 13.5. The van der Waals surface area contributed by atoms with Crippen LogP contribution in [0.25, 0.3) is 0 Å². The Balaban J connectivity index is 1.33. The smallest absolute Gasteiger partial charge is 0.229 e. The van der Waals surface area contributed by atoms with Gasteiger partial charge >= 0.3 is 0 Å². The van der Waals surface area contributed by atoms with E-state index in [-0.39, 0.29) is 48.1 Å². The summed E-state index contributed by atoms with van der Waals surface area (Å²) in [5.41, 5.74) is 4.80. The Morgan fingerprint density at radius 1 is 1.03 bits per heavy atom. The molecule has 3 aliphatic rings. The first-order valence-corrected chi connectivity index (χ1v) is 13.2. The zero-order valence-electron chi connectivity index (χ0n) is 21.3. The lowest BCUT2D eigenvalue weighted by atomic mass is 9.97. The average molecular weight is 512 g/mol. The Kier molecular flexibility index (Phi) is 6.44. The third-order valence-electron chi connectivity index (χ3n) is 7.78. The van der Waals surface area contributed by atoms with Crippen molar-refractivity contribution in [3.05, 3.63) is 94.8 Å². The van der Waals surface area contributed by atoms with E-state index in [0.717, 1.165) is 53.6 Å². The SMILES string of the molecule is COc1cccc(C2[C@@H](NC(=O)C3CC3)CC(=O)N2c2ccc3c(c2)C=NC(c2ccc(F)cc2)CC3)c1. The zero-order chi connectivity index (χ0) is 26.2. The molecular weight excluding hydrogens is 481 g/mol. The minimum atomic E-state index is -0.354. The second-order valence-electron chi connectivity index (χ2n) is 10.3. The van der Waals surface area contributed by atoms with E-state index in [4.69, 9.17) is 9.73 Å². The van der Waals surface area contributed by atoms with E-state index in [9.17, 15) is 14.0 Å². The molecule has 2 amide bonds. The molecule has 1 saturated heterocycles. The molecular formula is C31H30FN3O3. The molecule has 194 valence electrons. The van der Waals surface area contributed by atoms with Crippen LogP contribution in [-0.4, -0.2) is 31.2 Å². The number of carbonyl (C=O) groups excluding carboxylic acids is 2. The topological polar surface area (TPSA) is 71.0 Å². The monoisotopic (exact) mass is 511 g/mol. The summed E-state index contributed by atoms with van der Waals surface area (Å²) in [6, 6.07) is 19.5. The standard InChI is InChI=1S/C31H30FN3O3/c1-38-26-4-2-3-22(16-26)30-28(34-31(37)21-5-6-21)17-29(36)35(30)25-13-9-19-10-14-27(33-18-23(19)15-25)20-7-11-24(32)12-8-20/h2-4,7-9,11-13,15-16,18,21,27-28,30H,5-6,10,14,17H2,1H3,(H,34,37)/t27?,28-,30?/m0/s1. The van der Waals surface area contributed by atoms with E-state index in [2.05, 4.69) is 11.4 Å². The van der Waals surface area contributed by atoms with Crippen molar-refractivity contribution in [1.82, 2.24) is 5.32 Å². The second-order valence-corrected chi connectivity index (χ2v) is 10.3. The molecule has 3 aromatic carbocycles. The van der Waals surface area contributed by atoms with Gasteiger partial charge in [-0.2, -0.15) is 0 Å². The molecule has 3 atom stereocenters. The molecule has 0 spiro atoms. The first-order chi connectivity index (χ1) is 18.5. The molecule has 6 rings (SSSR count). The molecule has 1 saturated carbocycles. The molecule has 1 N–H and O–H groups in total. The van der Waals surface area contributed by atoms with Gasteiger partial charge in [-0.15, -0.1) is 0 Å². The van der Waals surface area contributed by atoms with Crippen LogP contribution in [0.2, 0.25) is 0 Å². The maximum Gasteiger partial charge on any atom is 0.229 e. The second kappa shape index (κ2) is 10.0. The van der Waals surface area contributed by atoms with Crippen LogP contribution in [0, 0.1) is 11.7 Å². The number of aryl methyl sites for hydroxylation is 1.